The van der Waals surface area contributed by atoms with E-state index < -0.39 is 0 Å². The van der Waals surface area contributed by atoms with E-state index in [1.54, 1.807) is 6.07 Å². The second-order valence-corrected chi connectivity index (χ2v) is 6.39. The van der Waals surface area contributed by atoms with Crippen molar-refractivity contribution >= 4 is 17.9 Å². The summed E-state index contributed by atoms with van der Waals surface area (Å²) in [5, 5.41) is 12.1. The normalized spacial score (nSPS) is 14.7. The summed E-state index contributed by atoms with van der Waals surface area (Å²) in [6.07, 6.45) is 5.82. The number of carbonyl (C=O) groups excluding carboxylic acids is 1. The van der Waals surface area contributed by atoms with Crippen LogP contribution in [0.4, 0.5) is 5.88 Å². The maximum absolute atomic E-state index is 12.2. The fraction of sp³-hybridized carbons (Fsp3) is 0.333. The lowest BCUT2D eigenvalue weighted by molar-refractivity contribution is -0.117. The summed E-state index contributed by atoms with van der Waals surface area (Å²) in [6.45, 7) is 2.46. The first-order chi connectivity index (χ1) is 12.8. The van der Waals surface area contributed by atoms with Gasteiger partial charge in [-0.05, 0) is 37.3 Å². The summed E-state index contributed by atoms with van der Waals surface area (Å²) in [7, 11) is 0. The summed E-state index contributed by atoms with van der Waals surface area (Å²) in [5.41, 5.74) is 1.20. The average molecular weight is 349 g/mol. The highest BCUT2D eigenvalue weighted by Gasteiger charge is 2.15. The topological polar surface area (TPSA) is 69.3 Å². The number of hydrogen-bond acceptors (Lipinski definition) is 4. The minimum atomic E-state index is -0.376. The van der Waals surface area contributed by atoms with E-state index in [1.165, 1.54) is 25.3 Å². The lowest BCUT2D eigenvalue weighted by Gasteiger charge is -2.25. The summed E-state index contributed by atoms with van der Waals surface area (Å²) >= 11 is 0. The minimum Gasteiger partial charge on any atom is -0.441 e. The van der Waals surface area contributed by atoms with Gasteiger partial charge in [0.1, 0.15) is 17.4 Å². The van der Waals surface area contributed by atoms with Crippen molar-refractivity contribution in [1.82, 2.24) is 5.32 Å². The molecule has 0 saturated carbocycles. The fourth-order valence-corrected chi connectivity index (χ4v) is 3.06. The molecule has 2 heterocycles. The molecule has 1 N–H and O–H groups in total. The zero-order valence-corrected chi connectivity index (χ0v) is 14.8. The molecule has 5 nitrogen and oxygen atoms in total. The van der Waals surface area contributed by atoms with Crippen LogP contribution in [0.5, 0.6) is 0 Å². The fourth-order valence-electron chi connectivity index (χ4n) is 3.06. The predicted octanol–water partition coefficient (Wildman–Crippen LogP) is 3.54. The van der Waals surface area contributed by atoms with Crippen LogP contribution in [0.25, 0.3) is 6.08 Å². The number of rotatable bonds is 6. The van der Waals surface area contributed by atoms with Gasteiger partial charge in [-0.1, -0.05) is 30.3 Å². The largest absolute Gasteiger partial charge is 0.441 e. The van der Waals surface area contributed by atoms with E-state index in [4.69, 9.17) is 4.42 Å². The molecule has 1 fully saturated rings. The number of anilines is 1. The Balaban J connectivity index is 1.58. The first-order valence-corrected chi connectivity index (χ1v) is 9.05. The number of furan rings is 1. The Morgan fingerprint density at radius 3 is 2.65 bits per heavy atom. The number of piperidine rings is 1. The Morgan fingerprint density at radius 2 is 1.92 bits per heavy atom. The van der Waals surface area contributed by atoms with Gasteiger partial charge in [-0.25, -0.2) is 0 Å². The quantitative estimate of drug-likeness (QED) is 0.640. The molecule has 1 amide bonds. The minimum absolute atomic E-state index is 0.0533. The molecule has 2 aromatic rings. The van der Waals surface area contributed by atoms with E-state index in [2.05, 4.69) is 10.2 Å². The molecule has 0 unspecified atom stereocenters. The molecule has 0 aliphatic carbocycles. The molecule has 3 rings (SSSR count). The van der Waals surface area contributed by atoms with Gasteiger partial charge in [0, 0.05) is 31.8 Å². The van der Waals surface area contributed by atoms with E-state index >= 15 is 0 Å². The molecule has 1 aliphatic rings. The van der Waals surface area contributed by atoms with Crippen molar-refractivity contribution in [3.63, 3.8) is 0 Å². The van der Waals surface area contributed by atoms with Gasteiger partial charge >= 0.3 is 0 Å². The highest BCUT2D eigenvalue weighted by Crippen LogP contribution is 2.23. The smallest absolute Gasteiger partial charge is 0.262 e. The maximum atomic E-state index is 12.2. The second kappa shape index (κ2) is 8.91. The Bertz CT molecular complexity index is 796. The van der Waals surface area contributed by atoms with Gasteiger partial charge in [0.15, 0.2) is 5.88 Å². The van der Waals surface area contributed by atoms with Crippen molar-refractivity contribution in [2.45, 2.75) is 25.7 Å². The van der Waals surface area contributed by atoms with Gasteiger partial charge in [0.25, 0.3) is 5.91 Å². The third-order valence-corrected chi connectivity index (χ3v) is 4.47. The van der Waals surface area contributed by atoms with Gasteiger partial charge in [-0.3, -0.25) is 4.79 Å². The molecule has 1 saturated heterocycles. The van der Waals surface area contributed by atoms with Gasteiger partial charge in [-0.2, -0.15) is 5.26 Å². The molecule has 1 aliphatic heterocycles. The third-order valence-electron chi connectivity index (χ3n) is 4.47. The van der Waals surface area contributed by atoms with Crippen LogP contribution in [0.15, 0.2) is 52.5 Å². The molecule has 134 valence electrons. The van der Waals surface area contributed by atoms with E-state index in [0.717, 1.165) is 31.0 Å². The molecule has 0 spiro atoms. The van der Waals surface area contributed by atoms with Gasteiger partial charge in [0.05, 0.1) is 0 Å². The lowest BCUT2D eigenvalue weighted by Crippen LogP contribution is -2.28. The molecule has 0 radical (unpaired) electrons. The number of benzene rings is 1. The molecule has 1 aromatic carbocycles. The molecule has 1 aromatic heterocycles. The van der Waals surface area contributed by atoms with Crippen LogP contribution in [0, 0.1) is 11.3 Å². The van der Waals surface area contributed by atoms with E-state index in [0.29, 0.717) is 12.3 Å². The van der Waals surface area contributed by atoms with E-state index in [-0.39, 0.29) is 11.5 Å². The number of carbonyl (C=O) groups is 1. The van der Waals surface area contributed by atoms with Crippen molar-refractivity contribution in [1.29, 1.82) is 5.26 Å². The first-order valence-electron chi connectivity index (χ1n) is 9.05. The zero-order valence-electron chi connectivity index (χ0n) is 14.8. The highest BCUT2D eigenvalue weighted by atomic mass is 16.4. The predicted molar refractivity (Wildman–Crippen MR) is 102 cm³/mol. The van der Waals surface area contributed by atoms with Crippen molar-refractivity contribution in [3.8, 4) is 6.07 Å². The van der Waals surface area contributed by atoms with E-state index in [1.807, 2.05) is 42.5 Å². The lowest BCUT2D eigenvalue weighted by atomic mass is 10.1. The Labute approximate surface area is 153 Å². The molecule has 0 bridgehead atoms. The molecular formula is C21H23N3O2. The van der Waals surface area contributed by atoms with Crippen molar-refractivity contribution < 1.29 is 9.21 Å². The zero-order chi connectivity index (χ0) is 18.2. The second-order valence-electron chi connectivity index (χ2n) is 6.39. The third kappa shape index (κ3) is 4.76. The number of amides is 1. The van der Waals surface area contributed by atoms with Crippen LogP contribution in [-0.2, 0) is 11.2 Å². The van der Waals surface area contributed by atoms with Gasteiger partial charge < -0.3 is 14.6 Å². The van der Waals surface area contributed by atoms with Crippen LogP contribution in [0.3, 0.4) is 0 Å². The number of nitrogens with one attached hydrogen (secondary N) is 1. The SMILES string of the molecule is N#C/C(=C\c1ccc(N2CCCCC2)o1)C(=O)NCCc1ccccc1. The summed E-state index contributed by atoms with van der Waals surface area (Å²) in [4.78, 5) is 14.4. The molecule has 0 atom stereocenters. The van der Waals surface area contributed by atoms with Crippen LogP contribution in [-0.4, -0.2) is 25.5 Å². The average Bonchev–Trinajstić information content (AvgIpc) is 3.16. The Kier molecular flexibility index (Phi) is 6.10. The van der Waals surface area contributed by atoms with Crippen LogP contribution in [0.1, 0.15) is 30.6 Å². The van der Waals surface area contributed by atoms with Gasteiger partial charge in [-0.15, -0.1) is 0 Å². The summed E-state index contributed by atoms with van der Waals surface area (Å²) < 4.78 is 5.80. The van der Waals surface area contributed by atoms with Crippen LogP contribution < -0.4 is 10.2 Å². The standard InChI is InChI=1S/C21H23N3O2/c22-16-18(21(25)23-12-11-17-7-3-1-4-8-17)15-19-9-10-20(26-19)24-13-5-2-6-14-24/h1,3-4,7-10,15H,2,5-6,11-14H2,(H,23,25)/b18-15+. The monoisotopic (exact) mass is 349 g/mol. The van der Waals surface area contributed by atoms with Crippen LogP contribution >= 0.6 is 0 Å². The van der Waals surface area contributed by atoms with Crippen molar-refractivity contribution in [2.75, 3.05) is 24.5 Å². The Hall–Kier alpha value is -3.00. The molecule has 5 heteroatoms. The summed E-state index contributed by atoms with van der Waals surface area (Å²) in [5.74, 6) is 0.956. The van der Waals surface area contributed by atoms with E-state index in [9.17, 15) is 10.1 Å². The highest BCUT2D eigenvalue weighted by molar-refractivity contribution is 6.01. The maximum Gasteiger partial charge on any atom is 0.262 e. The molecular weight excluding hydrogens is 326 g/mol. The summed E-state index contributed by atoms with van der Waals surface area (Å²) in [6, 6.07) is 15.6. The number of hydrogen-bond donors (Lipinski definition) is 1. The van der Waals surface area contributed by atoms with Gasteiger partial charge in [0.2, 0.25) is 0 Å². The molecule has 26 heavy (non-hydrogen) atoms. The van der Waals surface area contributed by atoms with Crippen LogP contribution in [0.2, 0.25) is 0 Å². The first kappa shape index (κ1) is 17.8. The van der Waals surface area contributed by atoms with Crippen molar-refractivity contribution in [2.24, 2.45) is 0 Å². The number of nitriles is 1. The number of nitrogens with zero attached hydrogens (tertiary/aromatic N) is 2. The van der Waals surface area contributed by atoms with Crippen molar-refractivity contribution in [3.05, 3.63) is 59.4 Å². The Morgan fingerprint density at radius 1 is 1.15 bits per heavy atom.